The van der Waals surface area contributed by atoms with Crippen molar-refractivity contribution in [3.63, 3.8) is 0 Å². The van der Waals surface area contributed by atoms with Crippen LogP contribution in [0.15, 0.2) is 45.3 Å². The summed E-state index contributed by atoms with van der Waals surface area (Å²) in [5.41, 5.74) is 11.6. The summed E-state index contributed by atoms with van der Waals surface area (Å²) >= 11 is 13.3. The van der Waals surface area contributed by atoms with Crippen LogP contribution in [0, 0.1) is 0 Å². The molecule has 57 heavy (non-hydrogen) atoms. The average Bonchev–Trinajstić information content (AvgIpc) is 3.87. The van der Waals surface area contributed by atoms with E-state index in [4.69, 9.17) is 25.2 Å². The first-order chi connectivity index (χ1) is 26.8. The molecule has 0 fully saturated rings. The zero-order chi connectivity index (χ0) is 41.0. The van der Waals surface area contributed by atoms with Crippen LogP contribution in [0.2, 0.25) is 0 Å². The van der Waals surface area contributed by atoms with Gasteiger partial charge in [0.1, 0.15) is 26.2 Å². The van der Waals surface area contributed by atoms with E-state index in [9.17, 15) is 14.4 Å². The minimum absolute atomic E-state index is 0.122. The number of hydrogen-bond acceptors (Lipinski definition) is 12. The SMILES string of the molecule is CC(=O)Nc1sc2c(c1-c1nc3cc(Br)ccc3s1)CCN(C(=O)OC(C)(C)C)C2.CC(C)(C)OC(=O)N1CCc2c(sc(N)c2-c2nc3cc(Br)ccc3s2)C1. The number of nitrogens with zero attached hydrogens (tertiary/aromatic N) is 4. The molecule has 4 aromatic heterocycles. The van der Waals surface area contributed by atoms with E-state index in [0.717, 1.165) is 82.3 Å². The highest BCUT2D eigenvalue weighted by molar-refractivity contribution is 9.10. The number of ether oxygens (including phenoxy) is 2. The van der Waals surface area contributed by atoms with Crippen LogP contribution in [-0.2, 0) is 40.2 Å². The molecule has 3 N–H and O–H groups in total. The van der Waals surface area contributed by atoms with Crippen molar-refractivity contribution in [2.24, 2.45) is 0 Å². The van der Waals surface area contributed by atoms with Gasteiger partial charge in [-0.3, -0.25) is 4.79 Å². The largest absolute Gasteiger partial charge is 0.444 e. The summed E-state index contributed by atoms with van der Waals surface area (Å²) in [6, 6.07) is 12.2. The number of nitrogens with two attached hydrogens (primary N) is 1. The van der Waals surface area contributed by atoms with Crippen LogP contribution < -0.4 is 11.1 Å². The van der Waals surface area contributed by atoms with Gasteiger partial charge in [-0.15, -0.1) is 45.3 Å². The minimum Gasteiger partial charge on any atom is -0.444 e. The number of rotatable bonds is 3. The van der Waals surface area contributed by atoms with Crippen molar-refractivity contribution >= 4 is 126 Å². The smallest absolute Gasteiger partial charge is 0.410 e. The Morgan fingerprint density at radius 2 is 1.18 bits per heavy atom. The Hall–Kier alpha value is -3.61. The highest BCUT2D eigenvalue weighted by Gasteiger charge is 2.32. The van der Waals surface area contributed by atoms with Crippen LogP contribution >= 0.6 is 77.2 Å². The number of amides is 3. The number of fused-ring (bicyclic) bond motifs is 4. The second-order valence-electron chi connectivity index (χ2n) is 15.7. The molecule has 0 spiro atoms. The minimum atomic E-state index is -0.533. The lowest BCUT2D eigenvalue weighted by Gasteiger charge is -2.30. The Morgan fingerprint density at radius 1 is 0.719 bits per heavy atom. The molecular weight excluding hydrogens is 933 g/mol. The van der Waals surface area contributed by atoms with Gasteiger partial charge in [0.2, 0.25) is 5.91 Å². The van der Waals surface area contributed by atoms with E-state index in [2.05, 4.69) is 43.2 Å². The summed E-state index contributed by atoms with van der Waals surface area (Å²) in [6.07, 6.45) is 0.872. The molecule has 6 aromatic rings. The first-order valence-electron chi connectivity index (χ1n) is 18.2. The lowest BCUT2D eigenvalue weighted by atomic mass is 10.0. The predicted molar refractivity (Wildman–Crippen MR) is 241 cm³/mol. The number of hydrogen-bond donors (Lipinski definition) is 2. The lowest BCUT2D eigenvalue weighted by Crippen LogP contribution is -2.39. The van der Waals surface area contributed by atoms with E-state index in [0.29, 0.717) is 32.6 Å². The van der Waals surface area contributed by atoms with Crippen molar-refractivity contribution < 1.29 is 23.9 Å². The van der Waals surface area contributed by atoms with Crippen molar-refractivity contribution in [1.29, 1.82) is 0 Å². The third kappa shape index (κ3) is 9.49. The molecule has 17 heteroatoms. The average molecular weight is 975 g/mol. The molecule has 2 aliphatic heterocycles. The molecule has 0 unspecified atom stereocenters. The van der Waals surface area contributed by atoms with Gasteiger partial charge in [-0.2, -0.15) is 0 Å². The van der Waals surface area contributed by atoms with Crippen molar-refractivity contribution in [3.8, 4) is 21.1 Å². The molecule has 6 heterocycles. The number of halogens is 2. The van der Waals surface area contributed by atoms with Gasteiger partial charge in [-0.05, 0) is 102 Å². The summed E-state index contributed by atoms with van der Waals surface area (Å²) in [4.78, 5) is 52.1. The zero-order valence-corrected chi connectivity index (χ0v) is 38.9. The van der Waals surface area contributed by atoms with Crippen LogP contribution in [0.1, 0.15) is 69.3 Å². The summed E-state index contributed by atoms with van der Waals surface area (Å²) in [5.74, 6) is -0.122. The molecule has 0 saturated carbocycles. The summed E-state index contributed by atoms with van der Waals surface area (Å²) < 4.78 is 15.3. The normalized spacial score (nSPS) is 14.2. The van der Waals surface area contributed by atoms with E-state index in [1.165, 1.54) is 23.8 Å². The van der Waals surface area contributed by atoms with E-state index >= 15 is 0 Å². The molecule has 0 aliphatic carbocycles. The van der Waals surface area contributed by atoms with Crippen molar-refractivity contribution in [1.82, 2.24) is 19.8 Å². The third-order valence-electron chi connectivity index (χ3n) is 8.86. The van der Waals surface area contributed by atoms with Gasteiger partial charge < -0.3 is 30.3 Å². The Kier molecular flexibility index (Phi) is 11.8. The Balaban J connectivity index is 0.000000175. The molecule has 0 saturated heterocycles. The number of thiophene rings is 2. The van der Waals surface area contributed by atoms with Crippen molar-refractivity contribution in [2.75, 3.05) is 24.1 Å². The maximum atomic E-state index is 12.5. The first kappa shape index (κ1) is 41.5. The Bertz CT molecular complexity index is 2530. The highest BCUT2D eigenvalue weighted by atomic mass is 79.9. The molecule has 11 nitrogen and oxygen atoms in total. The molecule has 3 amide bonds. The number of carbonyl (C=O) groups excluding carboxylic acids is 3. The van der Waals surface area contributed by atoms with E-state index in [1.54, 1.807) is 43.8 Å². The number of benzene rings is 2. The van der Waals surface area contributed by atoms with Gasteiger partial charge in [0.05, 0.1) is 38.5 Å². The second kappa shape index (κ2) is 16.2. The van der Waals surface area contributed by atoms with Crippen LogP contribution in [0.4, 0.5) is 19.6 Å². The molecule has 0 atom stereocenters. The van der Waals surface area contributed by atoms with Gasteiger partial charge in [0.15, 0.2) is 0 Å². The van der Waals surface area contributed by atoms with E-state index in [1.807, 2.05) is 71.9 Å². The van der Waals surface area contributed by atoms with Crippen LogP contribution in [-0.4, -0.2) is 62.2 Å². The maximum absolute atomic E-state index is 12.5. The number of thiazole rings is 2. The van der Waals surface area contributed by atoms with Crippen molar-refractivity contribution in [2.45, 2.75) is 85.6 Å². The van der Waals surface area contributed by atoms with Crippen LogP contribution in [0.5, 0.6) is 0 Å². The van der Waals surface area contributed by atoms with E-state index in [-0.39, 0.29) is 18.1 Å². The lowest BCUT2D eigenvalue weighted by molar-refractivity contribution is -0.114. The number of aromatic nitrogens is 2. The number of nitrogens with one attached hydrogen (secondary N) is 1. The fraction of sp³-hybridized carbons (Fsp3) is 0.375. The Labute approximate surface area is 363 Å². The van der Waals surface area contributed by atoms with Gasteiger partial charge in [0, 0.05) is 49.8 Å². The van der Waals surface area contributed by atoms with E-state index < -0.39 is 11.2 Å². The summed E-state index contributed by atoms with van der Waals surface area (Å²) in [6.45, 7) is 15.0. The van der Waals surface area contributed by atoms with Gasteiger partial charge in [0.25, 0.3) is 0 Å². The van der Waals surface area contributed by atoms with Crippen LogP contribution in [0.3, 0.4) is 0 Å². The quantitative estimate of drug-likeness (QED) is 0.179. The zero-order valence-electron chi connectivity index (χ0n) is 32.5. The number of anilines is 2. The monoisotopic (exact) mass is 972 g/mol. The van der Waals surface area contributed by atoms with Gasteiger partial charge in [-0.1, -0.05) is 31.9 Å². The molecular formula is C40H42Br2N6O5S4. The molecule has 8 rings (SSSR count). The van der Waals surface area contributed by atoms with Crippen LogP contribution in [0.25, 0.3) is 41.6 Å². The Morgan fingerprint density at radius 3 is 1.65 bits per heavy atom. The number of nitrogen functional groups attached to an aromatic ring is 1. The fourth-order valence-corrected chi connectivity index (χ4v) is 11.8. The maximum Gasteiger partial charge on any atom is 0.410 e. The summed E-state index contributed by atoms with van der Waals surface area (Å²) in [7, 11) is 0. The molecule has 0 radical (unpaired) electrons. The van der Waals surface area contributed by atoms with Crippen molar-refractivity contribution in [3.05, 3.63) is 66.2 Å². The number of carbonyl (C=O) groups is 3. The standard InChI is InChI=1S/C21H22BrN3O3S2.C19H20BrN3O2S2/c1-11(26)23-18-17(19-24-14-9-12(22)5-6-15(14)29-19)13-7-8-25(10-16(13)30-18)20(27)28-21(2,3)4;1-19(2,3)25-18(24)23-7-6-11-14(9-23)26-16(21)15(11)17-22-12-8-10(20)4-5-13(12)27-17/h5-6,9H,7-8,10H2,1-4H3,(H,23,26);4-5,8H,6-7,9,21H2,1-3H3. The first-order valence-corrected chi connectivity index (χ1v) is 23.1. The molecule has 0 bridgehead atoms. The molecule has 300 valence electrons. The van der Waals surface area contributed by atoms with Gasteiger partial charge in [-0.25, -0.2) is 19.6 Å². The second-order valence-corrected chi connectivity index (χ2v) is 21.8. The predicted octanol–water partition coefficient (Wildman–Crippen LogP) is 11.7. The molecule has 2 aromatic carbocycles. The highest BCUT2D eigenvalue weighted by Crippen LogP contribution is 2.47. The summed E-state index contributed by atoms with van der Waals surface area (Å²) in [5, 5.41) is 6.36. The fourth-order valence-electron chi connectivity index (χ4n) is 6.52. The topological polar surface area (TPSA) is 140 Å². The third-order valence-corrected chi connectivity index (χ3v) is 14.1. The molecule has 2 aliphatic rings. The van der Waals surface area contributed by atoms with Gasteiger partial charge >= 0.3 is 12.2 Å².